The zero-order valence-electron chi connectivity index (χ0n) is 12.0. The van der Waals surface area contributed by atoms with Crippen molar-refractivity contribution in [3.8, 4) is 11.5 Å². The fourth-order valence-electron chi connectivity index (χ4n) is 2.02. The minimum absolute atomic E-state index is 0.222. The quantitative estimate of drug-likeness (QED) is 0.757. The third-order valence-electron chi connectivity index (χ3n) is 3.02. The molecule has 0 unspecified atom stereocenters. The number of nitrogens with one attached hydrogen (secondary N) is 1. The van der Waals surface area contributed by atoms with Crippen molar-refractivity contribution in [1.29, 1.82) is 0 Å². The Morgan fingerprint density at radius 2 is 2.20 bits per heavy atom. The van der Waals surface area contributed by atoms with Crippen LogP contribution < -0.4 is 10.1 Å². The first-order valence-electron chi connectivity index (χ1n) is 6.83. The van der Waals surface area contributed by atoms with E-state index in [9.17, 15) is 5.11 Å². The third-order valence-corrected chi connectivity index (χ3v) is 3.02. The first kappa shape index (κ1) is 14.4. The molecule has 0 saturated carbocycles. The summed E-state index contributed by atoms with van der Waals surface area (Å²) in [5.41, 5.74) is 1.91. The van der Waals surface area contributed by atoms with E-state index in [4.69, 9.17) is 4.74 Å². The van der Waals surface area contributed by atoms with Crippen molar-refractivity contribution >= 4 is 0 Å². The minimum Gasteiger partial charge on any atom is -0.504 e. The Hall–Kier alpha value is -2.01. The van der Waals surface area contributed by atoms with Crippen molar-refractivity contribution in [1.82, 2.24) is 15.1 Å². The molecule has 0 saturated heterocycles. The molecule has 108 valence electrons. The number of para-hydroxylation sites is 1. The Bertz CT molecular complexity index is 552. The number of hydrogen-bond acceptors (Lipinski definition) is 4. The van der Waals surface area contributed by atoms with Gasteiger partial charge in [0.2, 0.25) is 0 Å². The van der Waals surface area contributed by atoms with Crippen LogP contribution in [0.4, 0.5) is 0 Å². The van der Waals surface area contributed by atoms with Gasteiger partial charge in [-0.1, -0.05) is 12.1 Å². The lowest BCUT2D eigenvalue weighted by Crippen LogP contribution is -2.17. The number of aryl methyl sites for hydroxylation is 1. The summed E-state index contributed by atoms with van der Waals surface area (Å²) in [6.07, 6.45) is 2.81. The van der Waals surface area contributed by atoms with Crippen molar-refractivity contribution in [2.24, 2.45) is 7.05 Å². The molecule has 0 aliphatic heterocycles. The van der Waals surface area contributed by atoms with Gasteiger partial charge in [0.05, 0.1) is 12.3 Å². The SMILES string of the molecule is CCOc1cccc(CNCCc2ccn(C)n2)c1O. The highest BCUT2D eigenvalue weighted by atomic mass is 16.5. The third kappa shape index (κ3) is 3.74. The van der Waals surface area contributed by atoms with Gasteiger partial charge in [0.1, 0.15) is 0 Å². The summed E-state index contributed by atoms with van der Waals surface area (Å²) in [5.74, 6) is 0.760. The minimum atomic E-state index is 0.222. The second-order valence-corrected chi connectivity index (χ2v) is 4.60. The maximum Gasteiger partial charge on any atom is 0.162 e. The Morgan fingerprint density at radius 3 is 2.90 bits per heavy atom. The number of ether oxygens (including phenoxy) is 1. The molecule has 1 heterocycles. The van der Waals surface area contributed by atoms with Crippen LogP contribution in [0.5, 0.6) is 11.5 Å². The molecule has 5 heteroatoms. The summed E-state index contributed by atoms with van der Waals surface area (Å²) in [7, 11) is 1.91. The van der Waals surface area contributed by atoms with Crippen molar-refractivity contribution in [3.05, 3.63) is 41.7 Å². The number of benzene rings is 1. The second-order valence-electron chi connectivity index (χ2n) is 4.60. The predicted octanol–water partition coefficient (Wildman–Crippen LogP) is 1.86. The van der Waals surface area contributed by atoms with Gasteiger partial charge in [-0.05, 0) is 19.1 Å². The van der Waals surface area contributed by atoms with Crippen LogP contribution in [0.3, 0.4) is 0 Å². The average molecular weight is 275 g/mol. The molecule has 1 aromatic heterocycles. The van der Waals surface area contributed by atoms with Gasteiger partial charge >= 0.3 is 0 Å². The van der Waals surface area contributed by atoms with Crippen molar-refractivity contribution in [2.45, 2.75) is 19.9 Å². The van der Waals surface area contributed by atoms with Gasteiger partial charge < -0.3 is 15.2 Å². The average Bonchev–Trinajstić information content (AvgIpc) is 2.84. The van der Waals surface area contributed by atoms with Crippen LogP contribution in [0.2, 0.25) is 0 Å². The summed E-state index contributed by atoms with van der Waals surface area (Å²) in [6.45, 7) is 3.87. The number of nitrogens with zero attached hydrogens (tertiary/aromatic N) is 2. The Morgan fingerprint density at radius 1 is 1.35 bits per heavy atom. The molecule has 0 amide bonds. The maximum absolute atomic E-state index is 10.1. The van der Waals surface area contributed by atoms with Crippen molar-refractivity contribution < 1.29 is 9.84 Å². The van der Waals surface area contributed by atoms with Crippen molar-refractivity contribution in [2.75, 3.05) is 13.2 Å². The largest absolute Gasteiger partial charge is 0.504 e. The van der Waals surface area contributed by atoms with Gasteiger partial charge in [-0.15, -0.1) is 0 Å². The normalized spacial score (nSPS) is 10.7. The van der Waals surface area contributed by atoms with E-state index in [1.165, 1.54) is 0 Å². The molecule has 0 bridgehead atoms. The van der Waals surface area contributed by atoms with Gasteiger partial charge in [-0.3, -0.25) is 4.68 Å². The lowest BCUT2D eigenvalue weighted by atomic mass is 10.2. The van der Waals surface area contributed by atoms with Gasteiger partial charge in [0.15, 0.2) is 11.5 Å². The highest BCUT2D eigenvalue weighted by Gasteiger charge is 2.07. The van der Waals surface area contributed by atoms with E-state index in [1.807, 2.05) is 38.4 Å². The molecular weight excluding hydrogens is 254 g/mol. The fraction of sp³-hybridized carbons (Fsp3) is 0.400. The van der Waals surface area contributed by atoms with Gasteiger partial charge in [-0.25, -0.2) is 0 Å². The van der Waals surface area contributed by atoms with Gasteiger partial charge in [0, 0.05) is 38.3 Å². The first-order chi connectivity index (χ1) is 9.70. The topological polar surface area (TPSA) is 59.3 Å². The number of aromatic hydroxyl groups is 1. The van der Waals surface area contributed by atoms with E-state index in [2.05, 4.69) is 10.4 Å². The van der Waals surface area contributed by atoms with E-state index in [1.54, 1.807) is 10.7 Å². The molecule has 0 radical (unpaired) electrons. The Kier molecular flexibility index (Phi) is 5.01. The van der Waals surface area contributed by atoms with Crippen LogP contribution in [0.1, 0.15) is 18.2 Å². The van der Waals surface area contributed by atoms with Crippen LogP contribution >= 0.6 is 0 Å². The highest BCUT2D eigenvalue weighted by molar-refractivity contribution is 5.45. The molecule has 0 spiro atoms. The van der Waals surface area contributed by atoms with Crippen molar-refractivity contribution in [3.63, 3.8) is 0 Å². The summed E-state index contributed by atoms with van der Waals surface area (Å²) < 4.78 is 7.16. The number of phenols is 1. The number of hydrogen-bond donors (Lipinski definition) is 2. The molecule has 2 N–H and O–H groups in total. The molecular formula is C15H21N3O2. The van der Waals surface area contributed by atoms with Crippen LogP contribution in [0, 0.1) is 0 Å². The maximum atomic E-state index is 10.1. The fourth-order valence-corrected chi connectivity index (χ4v) is 2.02. The van der Waals surface area contributed by atoms with E-state index in [-0.39, 0.29) is 5.75 Å². The highest BCUT2D eigenvalue weighted by Crippen LogP contribution is 2.29. The monoisotopic (exact) mass is 275 g/mol. The predicted molar refractivity (Wildman–Crippen MR) is 77.9 cm³/mol. The van der Waals surface area contributed by atoms with E-state index in [0.29, 0.717) is 18.9 Å². The summed E-state index contributed by atoms with van der Waals surface area (Å²) in [6, 6.07) is 7.57. The Balaban J connectivity index is 1.83. The van der Waals surface area contributed by atoms with Crippen LogP contribution in [-0.2, 0) is 20.0 Å². The summed E-state index contributed by atoms with van der Waals surface area (Å²) in [4.78, 5) is 0. The summed E-state index contributed by atoms with van der Waals surface area (Å²) in [5, 5.41) is 17.7. The Labute approximate surface area is 119 Å². The molecule has 5 nitrogen and oxygen atoms in total. The molecule has 0 aliphatic carbocycles. The molecule has 0 fully saturated rings. The second kappa shape index (κ2) is 6.96. The molecule has 1 aromatic carbocycles. The van der Waals surface area contributed by atoms with Gasteiger partial charge in [-0.2, -0.15) is 5.10 Å². The summed E-state index contributed by atoms with van der Waals surface area (Å²) >= 11 is 0. The van der Waals surface area contributed by atoms with Crippen LogP contribution in [0.25, 0.3) is 0 Å². The number of aromatic nitrogens is 2. The number of rotatable bonds is 7. The molecule has 0 aliphatic rings. The molecule has 2 rings (SSSR count). The smallest absolute Gasteiger partial charge is 0.162 e. The zero-order valence-corrected chi connectivity index (χ0v) is 12.0. The number of phenolic OH excluding ortho intramolecular Hbond substituents is 1. The zero-order chi connectivity index (χ0) is 14.4. The van der Waals surface area contributed by atoms with E-state index >= 15 is 0 Å². The first-order valence-corrected chi connectivity index (χ1v) is 6.83. The lowest BCUT2D eigenvalue weighted by Gasteiger charge is -2.10. The molecule has 0 atom stereocenters. The lowest BCUT2D eigenvalue weighted by molar-refractivity contribution is 0.316. The van der Waals surface area contributed by atoms with Crippen LogP contribution in [-0.4, -0.2) is 28.0 Å². The molecule has 20 heavy (non-hydrogen) atoms. The van der Waals surface area contributed by atoms with Gasteiger partial charge in [0.25, 0.3) is 0 Å². The molecule has 2 aromatic rings. The van der Waals surface area contributed by atoms with E-state index < -0.39 is 0 Å². The van der Waals surface area contributed by atoms with Crippen LogP contribution in [0.15, 0.2) is 30.5 Å². The van der Waals surface area contributed by atoms with E-state index in [0.717, 1.165) is 24.2 Å². The standard InChI is InChI=1S/C15H21N3O2/c1-3-20-14-6-4-5-12(15(14)19)11-16-9-7-13-8-10-18(2)17-13/h4-6,8,10,16,19H,3,7,9,11H2,1-2H3.